The van der Waals surface area contributed by atoms with Crippen molar-refractivity contribution in [1.82, 2.24) is 10.2 Å². The molecule has 1 fully saturated rings. The number of fused-ring (bicyclic) bond motifs is 1. The molecule has 1 saturated heterocycles. The lowest BCUT2D eigenvalue weighted by molar-refractivity contribution is -0.123. The Morgan fingerprint density at radius 2 is 1.94 bits per heavy atom. The third-order valence-corrected chi connectivity index (χ3v) is 6.30. The van der Waals surface area contributed by atoms with E-state index in [2.05, 4.69) is 17.4 Å². The molecule has 5 nitrogen and oxygen atoms in total. The Labute approximate surface area is 192 Å². The van der Waals surface area contributed by atoms with Gasteiger partial charge in [-0.3, -0.25) is 9.69 Å². The van der Waals surface area contributed by atoms with Gasteiger partial charge >= 0.3 is 0 Å². The second-order valence-corrected chi connectivity index (χ2v) is 8.51. The van der Waals surface area contributed by atoms with Crippen LogP contribution in [0.1, 0.15) is 47.6 Å². The highest BCUT2D eigenvalue weighted by Gasteiger charge is 2.35. The van der Waals surface area contributed by atoms with E-state index in [9.17, 15) is 4.79 Å². The first-order valence-corrected chi connectivity index (χ1v) is 11.2. The Morgan fingerprint density at radius 1 is 1.12 bits per heavy atom. The molecule has 2 aromatic carbocycles. The zero-order chi connectivity index (χ0) is 22.1. The molecule has 1 amide bonds. The fourth-order valence-corrected chi connectivity index (χ4v) is 4.62. The summed E-state index contributed by atoms with van der Waals surface area (Å²) in [5, 5.41) is 3.41. The number of nitrogens with one attached hydrogen (secondary N) is 1. The van der Waals surface area contributed by atoms with Crippen molar-refractivity contribution in [3.63, 3.8) is 0 Å². The summed E-state index contributed by atoms with van der Waals surface area (Å²) in [5.41, 5.74) is 4.23. The average molecular weight is 445 g/mol. The van der Waals surface area contributed by atoms with E-state index in [1.807, 2.05) is 55.5 Å². The molecule has 32 heavy (non-hydrogen) atoms. The molecule has 1 atom stereocenters. The first-order valence-electron chi connectivity index (χ1n) is 10.8. The highest BCUT2D eigenvalue weighted by molar-refractivity contribution is 7.80. The van der Waals surface area contributed by atoms with Crippen molar-refractivity contribution in [2.75, 3.05) is 0 Å². The summed E-state index contributed by atoms with van der Waals surface area (Å²) in [7, 11) is 0. The molecule has 1 aromatic heterocycles. The Bertz CT molecular complexity index is 1200. The van der Waals surface area contributed by atoms with Gasteiger partial charge in [-0.15, -0.1) is 0 Å². The Kier molecular flexibility index (Phi) is 5.53. The first-order chi connectivity index (χ1) is 15.6. The largest absolute Gasteiger partial charge is 0.486 e. The lowest BCUT2D eigenvalue weighted by atomic mass is 10.1. The van der Waals surface area contributed by atoms with Gasteiger partial charge in [-0.1, -0.05) is 36.4 Å². The number of rotatable bonds is 6. The number of furan rings is 1. The van der Waals surface area contributed by atoms with Crippen molar-refractivity contribution in [2.45, 2.75) is 38.8 Å². The summed E-state index contributed by atoms with van der Waals surface area (Å²) < 4.78 is 11.8. The van der Waals surface area contributed by atoms with E-state index in [1.165, 1.54) is 17.5 Å². The number of thiocarbonyl (C=S) groups is 1. The molecular formula is C26H24N2O3S. The van der Waals surface area contributed by atoms with Gasteiger partial charge in [0.2, 0.25) is 0 Å². The zero-order valence-corrected chi connectivity index (χ0v) is 18.7. The molecule has 1 aliphatic carbocycles. The van der Waals surface area contributed by atoms with E-state index in [-0.39, 0.29) is 11.9 Å². The van der Waals surface area contributed by atoms with E-state index in [0.29, 0.717) is 28.9 Å². The number of benzene rings is 2. The van der Waals surface area contributed by atoms with E-state index in [0.717, 1.165) is 24.2 Å². The minimum absolute atomic E-state index is 0.164. The molecule has 6 heteroatoms. The summed E-state index contributed by atoms with van der Waals surface area (Å²) in [6, 6.07) is 19.7. The van der Waals surface area contributed by atoms with Gasteiger partial charge in [0.25, 0.3) is 5.91 Å². The number of carbonyl (C=O) groups excluding carboxylic acids is 1. The number of ether oxygens (including phenoxy) is 1. The Hall–Kier alpha value is -3.38. The quantitative estimate of drug-likeness (QED) is 0.420. The van der Waals surface area contributed by atoms with Crippen molar-refractivity contribution in [3.8, 4) is 5.75 Å². The fraction of sp³-hybridized carbons (Fsp3) is 0.231. The Morgan fingerprint density at radius 3 is 2.78 bits per heavy atom. The SMILES string of the molecule is CC(c1ccccc1)N1C(=O)/C(=C/c2ccc(COc3ccc4c(c3)CCC4)o2)NC1=S. The van der Waals surface area contributed by atoms with Crippen LogP contribution >= 0.6 is 12.2 Å². The summed E-state index contributed by atoms with van der Waals surface area (Å²) in [5.74, 6) is 1.95. The summed E-state index contributed by atoms with van der Waals surface area (Å²) in [6.07, 6.45) is 5.18. The maximum atomic E-state index is 13.0. The van der Waals surface area contributed by atoms with Crippen LogP contribution in [-0.4, -0.2) is 15.9 Å². The lowest BCUT2D eigenvalue weighted by Gasteiger charge is -2.23. The van der Waals surface area contributed by atoms with Crippen LogP contribution in [0.4, 0.5) is 0 Å². The molecule has 162 valence electrons. The van der Waals surface area contributed by atoms with Crippen LogP contribution in [0.15, 0.2) is 70.8 Å². The molecule has 0 bridgehead atoms. The van der Waals surface area contributed by atoms with E-state index in [4.69, 9.17) is 21.4 Å². The standard InChI is InChI=1S/C26H24N2O3S/c1-17(18-6-3-2-4-7-18)28-25(29)24(27-26(28)32)15-22-12-13-23(31-22)16-30-21-11-10-19-8-5-9-20(19)14-21/h2-4,6-7,10-15,17H,5,8-9,16H2,1H3,(H,27,32)/b24-15-. The van der Waals surface area contributed by atoms with E-state index < -0.39 is 0 Å². The summed E-state index contributed by atoms with van der Waals surface area (Å²) >= 11 is 5.42. The minimum Gasteiger partial charge on any atom is -0.486 e. The van der Waals surface area contributed by atoms with Crippen LogP contribution in [0.5, 0.6) is 5.75 Å². The Balaban J connectivity index is 1.26. The molecule has 5 rings (SSSR count). The summed E-state index contributed by atoms with van der Waals surface area (Å²) in [4.78, 5) is 14.6. The number of nitrogens with zero attached hydrogens (tertiary/aromatic N) is 1. The van der Waals surface area contributed by atoms with Gasteiger partial charge in [0.05, 0.1) is 6.04 Å². The number of hydrogen-bond acceptors (Lipinski definition) is 4. The normalized spacial score (nSPS) is 17.5. The molecule has 1 N–H and O–H groups in total. The van der Waals surface area contributed by atoms with Gasteiger partial charge in [0.15, 0.2) is 5.11 Å². The number of carbonyl (C=O) groups is 1. The highest BCUT2D eigenvalue weighted by atomic mass is 32.1. The topological polar surface area (TPSA) is 54.7 Å². The number of amides is 1. The van der Waals surface area contributed by atoms with Gasteiger partial charge in [-0.05, 0) is 79.4 Å². The van der Waals surface area contributed by atoms with Crippen molar-refractivity contribution >= 4 is 29.3 Å². The molecule has 1 unspecified atom stereocenters. The molecule has 3 aromatic rings. The fourth-order valence-electron chi connectivity index (χ4n) is 4.27. The third kappa shape index (κ3) is 4.06. The maximum absolute atomic E-state index is 13.0. The highest BCUT2D eigenvalue weighted by Crippen LogP contribution is 2.28. The van der Waals surface area contributed by atoms with E-state index in [1.54, 1.807) is 11.0 Å². The second kappa shape index (κ2) is 8.63. The predicted molar refractivity (Wildman–Crippen MR) is 127 cm³/mol. The van der Waals surface area contributed by atoms with Crippen molar-refractivity contribution in [3.05, 3.63) is 94.6 Å². The zero-order valence-electron chi connectivity index (χ0n) is 17.8. The van der Waals surface area contributed by atoms with Crippen LogP contribution in [0, 0.1) is 0 Å². The molecule has 2 heterocycles. The van der Waals surface area contributed by atoms with Crippen LogP contribution in [-0.2, 0) is 24.2 Å². The van der Waals surface area contributed by atoms with Gasteiger partial charge in [0, 0.05) is 6.08 Å². The van der Waals surface area contributed by atoms with Gasteiger partial charge < -0.3 is 14.5 Å². The van der Waals surface area contributed by atoms with Crippen molar-refractivity contribution < 1.29 is 13.9 Å². The van der Waals surface area contributed by atoms with Crippen LogP contribution in [0.2, 0.25) is 0 Å². The van der Waals surface area contributed by atoms with Crippen LogP contribution < -0.4 is 10.1 Å². The van der Waals surface area contributed by atoms with Gasteiger partial charge in [0.1, 0.15) is 29.6 Å². The predicted octanol–water partition coefficient (Wildman–Crippen LogP) is 5.17. The van der Waals surface area contributed by atoms with Crippen LogP contribution in [0.25, 0.3) is 6.08 Å². The second-order valence-electron chi connectivity index (χ2n) is 8.13. The third-order valence-electron chi connectivity index (χ3n) is 6.00. The molecule has 1 aliphatic heterocycles. The lowest BCUT2D eigenvalue weighted by Crippen LogP contribution is -2.33. The van der Waals surface area contributed by atoms with Gasteiger partial charge in [-0.25, -0.2) is 0 Å². The smallest absolute Gasteiger partial charge is 0.277 e. The van der Waals surface area contributed by atoms with Crippen molar-refractivity contribution in [1.29, 1.82) is 0 Å². The molecule has 0 saturated carbocycles. The van der Waals surface area contributed by atoms with Gasteiger partial charge in [-0.2, -0.15) is 0 Å². The maximum Gasteiger partial charge on any atom is 0.277 e. The average Bonchev–Trinajstić information content (AvgIpc) is 3.52. The molecular weight excluding hydrogens is 420 g/mol. The monoisotopic (exact) mass is 444 g/mol. The molecule has 0 spiro atoms. The number of aryl methyl sites for hydroxylation is 2. The van der Waals surface area contributed by atoms with Crippen molar-refractivity contribution in [2.24, 2.45) is 0 Å². The minimum atomic E-state index is -0.168. The number of hydrogen-bond donors (Lipinski definition) is 1. The summed E-state index contributed by atoms with van der Waals surface area (Å²) in [6.45, 7) is 2.30. The van der Waals surface area contributed by atoms with E-state index >= 15 is 0 Å². The molecule has 2 aliphatic rings. The molecule has 0 radical (unpaired) electrons. The van der Waals surface area contributed by atoms with Crippen LogP contribution in [0.3, 0.4) is 0 Å². The first kappa shape index (κ1) is 20.5.